The van der Waals surface area contributed by atoms with Crippen LogP contribution in [-0.4, -0.2) is 18.1 Å². The Bertz CT molecular complexity index is 242. The molecule has 0 radical (unpaired) electrons. The maximum Gasteiger partial charge on any atom is 0.186 e. The first-order valence-corrected chi connectivity index (χ1v) is 4.98. The second-order valence-corrected chi connectivity index (χ2v) is 3.87. The number of anilines is 1. The molecule has 1 aliphatic rings. The van der Waals surface area contributed by atoms with Crippen LogP contribution in [0, 0.1) is 0 Å². The summed E-state index contributed by atoms with van der Waals surface area (Å²) in [5, 5.41) is 3.58. The van der Waals surface area contributed by atoms with Crippen molar-refractivity contribution in [3.05, 3.63) is 10.5 Å². The van der Waals surface area contributed by atoms with Gasteiger partial charge in [-0.05, 0) is 12.8 Å². The molecule has 1 aromatic heterocycles. The first kappa shape index (κ1) is 7.37. The Labute approximate surface area is 74.8 Å². The van der Waals surface area contributed by atoms with Gasteiger partial charge in [0.2, 0.25) is 0 Å². The van der Waals surface area contributed by atoms with Crippen molar-refractivity contribution in [1.29, 1.82) is 0 Å². The normalized spacial score (nSPS) is 17.7. The van der Waals surface area contributed by atoms with Crippen LogP contribution in [0.2, 0.25) is 5.15 Å². The summed E-state index contributed by atoms with van der Waals surface area (Å²) in [6.07, 6.45) is 2.58. The molecule has 11 heavy (non-hydrogen) atoms. The Morgan fingerprint density at radius 3 is 2.73 bits per heavy atom. The third kappa shape index (κ3) is 1.49. The van der Waals surface area contributed by atoms with Crippen LogP contribution in [-0.2, 0) is 0 Å². The van der Waals surface area contributed by atoms with E-state index in [0.29, 0.717) is 5.15 Å². The van der Waals surface area contributed by atoms with Crippen molar-refractivity contribution >= 4 is 28.1 Å². The van der Waals surface area contributed by atoms with E-state index in [1.807, 2.05) is 5.38 Å². The van der Waals surface area contributed by atoms with Gasteiger partial charge in [0.25, 0.3) is 0 Å². The van der Waals surface area contributed by atoms with E-state index in [-0.39, 0.29) is 0 Å². The molecule has 2 rings (SSSR count). The van der Waals surface area contributed by atoms with Crippen LogP contribution in [0.3, 0.4) is 0 Å². The number of hydrogen-bond donors (Lipinski definition) is 0. The molecule has 2 heterocycles. The van der Waals surface area contributed by atoms with E-state index in [0.717, 1.165) is 18.2 Å². The zero-order chi connectivity index (χ0) is 7.68. The van der Waals surface area contributed by atoms with Crippen LogP contribution < -0.4 is 4.90 Å². The average Bonchev–Trinajstić information content (AvgIpc) is 2.55. The highest BCUT2D eigenvalue weighted by molar-refractivity contribution is 7.14. The maximum absolute atomic E-state index is 5.71. The fourth-order valence-corrected chi connectivity index (χ4v) is 2.30. The first-order chi connectivity index (χ1) is 5.36. The zero-order valence-corrected chi connectivity index (χ0v) is 7.66. The topological polar surface area (TPSA) is 16.1 Å². The summed E-state index contributed by atoms with van der Waals surface area (Å²) in [6.45, 7) is 2.29. The van der Waals surface area contributed by atoms with Crippen molar-refractivity contribution < 1.29 is 0 Å². The minimum absolute atomic E-state index is 0.622. The molecule has 0 aliphatic carbocycles. The fraction of sp³-hybridized carbons (Fsp3) is 0.571. The van der Waals surface area contributed by atoms with Crippen LogP contribution in [0.15, 0.2) is 5.38 Å². The van der Waals surface area contributed by atoms with E-state index < -0.39 is 0 Å². The molecule has 1 saturated heterocycles. The number of aromatic nitrogens is 1. The SMILES string of the molecule is Clc1csc(N2CCCC2)n1. The summed E-state index contributed by atoms with van der Waals surface area (Å²) >= 11 is 7.34. The van der Waals surface area contributed by atoms with E-state index in [4.69, 9.17) is 11.6 Å². The highest BCUT2D eigenvalue weighted by Gasteiger charge is 2.14. The fourth-order valence-electron chi connectivity index (χ4n) is 1.30. The van der Waals surface area contributed by atoms with Gasteiger partial charge in [0.1, 0.15) is 5.15 Å². The van der Waals surface area contributed by atoms with Gasteiger partial charge in [-0.3, -0.25) is 0 Å². The highest BCUT2D eigenvalue weighted by atomic mass is 35.5. The van der Waals surface area contributed by atoms with Crippen molar-refractivity contribution in [3.63, 3.8) is 0 Å². The second kappa shape index (κ2) is 2.99. The zero-order valence-electron chi connectivity index (χ0n) is 6.09. The lowest BCUT2D eigenvalue weighted by Crippen LogP contribution is -2.16. The Hall–Kier alpha value is -0.280. The number of halogens is 1. The molecule has 0 unspecified atom stereocenters. The lowest BCUT2D eigenvalue weighted by Gasteiger charge is -2.11. The van der Waals surface area contributed by atoms with E-state index in [9.17, 15) is 0 Å². The number of nitrogens with zero attached hydrogens (tertiary/aromatic N) is 2. The van der Waals surface area contributed by atoms with E-state index in [1.165, 1.54) is 12.8 Å². The molecule has 0 atom stereocenters. The van der Waals surface area contributed by atoms with Gasteiger partial charge in [-0.15, -0.1) is 11.3 Å². The molecule has 0 aromatic carbocycles. The van der Waals surface area contributed by atoms with Crippen molar-refractivity contribution in [2.75, 3.05) is 18.0 Å². The molecular weight excluding hydrogens is 180 g/mol. The van der Waals surface area contributed by atoms with Crippen LogP contribution in [0.1, 0.15) is 12.8 Å². The predicted octanol–water partition coefficient (Wildman–Crippen LogP) is 2.40. The second-order valence-electron chi connectivity index (χ2n) is 2.65. The molecular formula is C7H9ClN2S. The van der Waals surface area contributed by atoms with Crippen molar-refractivity contribution in [2.45, 2.75) is 12.8 Å². The van der Waals surface area contributed by atoms with Crippen molar-refractivity contribution in [3.8, 4) is 0 Å². The van der Waals surface area contributed by atoms with E-state index >= 15 is 0 Å². The summed E-state index contributed by atoms with van der Waals surface area (Å²) in [5.41, 5.74) is 0. The van der Waals surface area contributed by atoms with Gasteiger partial charge in [-0.25, -0.2) is 4.98 Å². The molecule has 2 nitrogen and oxygen atoms in total. The first-order valence-electron chi connectivity index (χ1n) is 3.72. The molecule has 0 saturated carbocycles. The molecule has 0 spiro atoms. The molecule has 1 fully saturated rings. The Kier molecular flexibility index (Phi) is 2.00. The molecule has 4 heteroatoms. The lowest BCUT2D eigenvalue weighted by atomic mass is 10.4. The summed E-state index contributed by atoms with van der Waals surface area (Å²) in [4.78, 5) is 6.49. The smallest absolute Gasteiger partial charge is 0.186 e. The van der Waals surface area contributed by atoms with Crippen LogP contribution >= 0.6 is 22.9 Å². The van der Waals surface area contributed by atoms with Crippen molar-refractivity contribution in [1.82, 2.24) is 4.98 Å². The van der Waals surface area contributed by atoms with Crippen molar-refractivity contribution in [2.24, 2.45) is 0 Å². The number of thiazole rings is 1. The molecule has 0 bridgehead atoms. The Morgan fingerprint density at radius 2 is 2.18 bits per heavy atom. The largest absolute Gasteiger partial charge is 0.348 e. The number of rotatable bonds is 1. The minimum Gasteiger partial charge on any atom is -0.348 e. The lowest BCUT2D eigenvalue weighted by molar-refractivity contribution is 0.949. The standard InChI is InChI=1S/C7H9ClN2S/c8-6-5-11-7(9-6)10-3-1-2-4-10/h5H,1-4H2. The maximum atomic E-state index is 5.71. The van der Waals surface area contributed by atoms with E-state index in [2.05, 4.69) is 9.88 Å². The summed E-state index contributed by atoms with van der Waals surface area (Å²) in [5.74, 6) is 0. The summed E-state index contributed by atoms with van der Waals surface area (Å²) in [7, 11) is 0. The van der Waals surface area contributed by atoms with Gasteiger partial charge in [0, 0.05) is 18.5 Å². The van der Waals surface area contributed by atoms with E-state index in [1.54, 1.807) is 11.3 Å². The predicted molar refractivity (Wildman–Crippen MR) is 48.6 cm³/mol. The van der Waals surface area contributed by atoms with Gasteiger partial charge < -0.3 is 4.90 Å². The third-order valence-corrected chi connectivity index (χ3v) is 3.07. The highest BCUT2D eigenvalue weighted by Crippen LogP contribution is 2.25. The monoisotopic (exact) mass is 188 g/mol. The van der Waals surface area contributed by atoms with Gasteiger partial charge in [-0.1, -0.05) is 11.6 Å². The third-order valence-electron chi connectivity index (χ3n) is 1.84. The van der Waals surface area contributed by atoms with Gasteiger partial charge in [-0.2, -0.15) is 0 Å². The van der Waals surface area contributed by atoms with Crippen LogP contribution in [0.5, 0.6) is 0 Å². The molecule has 60 valence electrons. The van der Waals surface area contributed by atoms with Crippen LogP contribution in [0.25, 0.3) is 0 Å². The van der Waals surface area contributed by atoms with Gasteiger partial charge >= 0.3 is 0 Å². The summed E-state index contributed by atoms with van der Waals surface area (Å²) in [6, 6.07) is 0. The minimum atomic E-state index is 0.622. The Balaban J connectivity index is 2.15. The number of hydrogen-bond acceptors (Lipinski definition) is 3. The molecule has 1 aromatic rings. The Morgan fingerprint density at radius 1 is 1.45 bits per heavy atom. The van der Waals surface area contributed by atoms with Gasteiger partial charge in [0.15, 0.2) is 5.13 Å². The quantitative estimate of drug-likeness (QED) is 0.673. The average molecular weight is 189 g/mol. The summed E-state index contributed by atoms with van der Waals surface area (Å²) < 4.78 is 0. The molecule has 0 amide bonds. The van der Waals surface area contributed by atoms with Crippen LogP contribution in [0.4, 0.5) is 5.13 Å². The molecule has 1 aliphatic heterocycles. The van der Waals surface area contributed by atoms with Gasteiger partial charge in [0.05, 0.1) is 0 Å². The molecule has 0 N–H and O–H groups in total.